The number of amides is 1. The number of nitrogens with zero attached hydrogens (tertiary/aromatic N) is 2. The second kappa shape index (κ2) is 7.28. The van der Waals surface area contributed by atoms with Crippen molar-refractivity contribution in [2.75, 3.05) is 6.79 Å². The molecule has 2 aromatic carbocycles. The molecule has 0 saturated carbocycles. The molecule has 2 heterocycles. The Morgan fingerprint density at radius 3 is 2.82 bits per heavy atom. The Bertz CT molecular complexity index is 1060. The van der Waals surface area contributed by atoms with Gasteiger partial charge in [0.25, 0.3) is 5.91 Å². The largest absolute Gasteiger partial charge is 0.453 e. The molecule has 0 bridgehead atoms. The first-order valence-electron chi connectivity index (χ1n) is 8.41. The van der Waals surface area contributed by atoms with Crippen molar-refractivity contribution in [2.24, 2.45) is 0 Å². The van der Waals surface area contributed by atoms with E-state index in [-0.39, 0.29) is 36.1 Å². The van der Waals surface area contributed by atoms with Crippen LogP contribution in [-0.2, 0) is 6.54 Å². The molecular weight excluding hydrogens is 382 g/mol. The molecule has 0 saturated heterocycles. The molecule has 1 aliphatic rings. The SMILES string of the molecule is Cc1sc(CNC(=O)c2cc3c(c([N+](=O)[O-])c2)OCO3)nc1-c1ccccc1. The number of carbonyl (C=O) groups is 1. The lowest BCUT2D eigenvalue weighted by atomic mass is 10.1. The topological polar surface area (TPSA) is 104 Å². The predicted octanol–water partition coefficient (Wildman–Crippen LogP) is 3.69. The van der Waals surface area contributed by atoms with E-state index in [2.05, 4.69) is 10.3 Å². The van der Waals surface area contributed by atoms with Crippen molar-refractivity contribution in [1.29, 1.82) is 0 Å². The van der Waals surface area contributed by atoms with E-state index < -0.39 is 10.8 Å². The molecule has 1 amide bonds. The van der Waals surface area contributed by atoms with Crippen LogP contribution in [0.3, 0.4) is 0 Å². The van der Waals surface area contributed by atoms with Crippen molar-refractivity contribution in [2.45, 2.75) is 13.5 Å². The van der Waals surface area contributed by atoms with Crippen LogP contribution < -0.4 is 14.8 Å². The summed E-state index contributed by atoms with van der Waals surface area (Å²) in [7, 11) is 0. The van der Waals surface area contributed by atoms with Gasteiger partial charge in [-0.15, -0.1) is 11.3 Å². The summed E-state index contributed by atoms with van der Waals surface area (Å²) in [6.07, 6.45) is 0. The van der Waals surface area contributed by atoms with Gasteiger partial charge in [-0.2, -0.15) is 0 Å². The fraction of sp³-hybridized carbons (Fsp3) is 0.158. The lowest BCUT2D eigenvalue weighted by Crippen LogP contribution is -2.22. The van der Waals surface area contributed by atoms with E-state index in [9.17, 15) is 14.9 Å². The number of nitrogens with one attached hydrogen (secondary N) is 1. The third-order valence-corrected chi connectivity index (χ3v) is 5.17. The normalized spacial score (nSPS) is 12.0. The van der Waals surface area contributed by atoms with Gasteiger partial charge in [0.05, 0.1) is 22.7 Å². The van der Waals surface area contributed by atoms with E-state index in [1.54, 1.807) is 0 Å². The molecule has 0 atom stereocenters. The fourth-order valence-electron chi connectivity index (χ4n) is 2.91. The molecule has 0 fully saturated rings. The molecule has 1 N–H and O–H groups in total. The van der Waals surface area contributed by atoms with Crippen LogP contribution in [0.4, 0.5) is 5.69 Å². The highest BCUT2D eigenvalue weighted by Crippen LogP contribution is 2.41. The van der Waals surface area contributed by atoms with Crippen molar-refractivity contribution in [3.05, 3.63) is 68.0 Å². The van der Waals surface area contributed by atoms with Crippen LogP contribution in [0, 0.1) is 17.0 Å². The van der Waals surface area contributed by atoms with Gasteiger partial charge in [-0.25, -0.2) is 4.98 Å². The molecular formula is C19H15N3O5S. The summed E-state index contributed by atoms with van der Waals surface area (Å²) in [6, 6.07) is 12.4. The summed E-state index contributed by atoms with van der Waals surface area (Å²) in [4.78, 5) is 28.8. The number of aryl methyl sites for hydroxylation is 1. The minimum Gasteiger partial charge on any atom is -0.453 e. The maximum Gasteiger partial charge on any atom is 0.315 e. The van der Waals surface area contributed by atoms with Crippen LogP contribution in [0.2, 0.25) is 0 Å². The highest BCUT2D eigenvalue weighted by Gasteiger charge is 2.28. The van der Waals surface area contributed by atoms with Gasteiger partial charge in [-0.05, 0) is 13.0 Å². The zero-order chi connectivity index (χ0) is 19.7. The summed E-state index contributed by atoms with van der Waals surface area (Å²) >= 11 is 1.50. The molecule has 0 radical (unpaired) electrons. The monoisotopic (exact) mass is 397 g/mol. The second-order valence-corrected chi connectivity index (χ2v) is 7.34. The zero-order valence-corrected chi connectivity index (χ0v) is 15.6. The minimum atomic E-state index is -0.597. The average molecular weight is 397 g/mol. The Balaban J connectivity index is 1.51. The van der Waals surface area contributed by atoms with Crippen molar-refractivity contribution in [1.82, 2.24) is 10.3 Å². The molecule has 9 heteroatoms. The molecule has 0 aliphatic carbocycles. The van der Waals surface area contributed by atoms with Gasteiger partial charge >= 0.3 is 5.69 Å². The van der Waals surface area contributed by atoms with Crippen LogP contribution in [0.5, 0.6) is 11.5 Å². The first-order valence-corrected chi connectivity index (χ1v) is 9.22. The van der Waals surface area contributed by atoms with Gasteiger partial charge in [0.1, 0.15) is 5.01 Å². The first-order chi connectivity index (χ1) is 13.5. The third-order valence-electron chi connectivity index (χ3n) is 4.20. The van der Waals surface area contributed by atoms with Gasteiger partial charge in [-0.3, -0.25) is 14.9 Å². The Hall–Kier alpha value is -3.46. The number of hydrogen-bond acceptors (Lipinski definition) is 7. The predicted molar refractivity (Wildman–Crippen MR) is 103 cm³/mol. The van der Waals surface area contributed by atoms with E-state index in [0.29, 0.717) is 0 Å². The molecule has 8 nitrogen and oxygen atoms in total. The number of fused-ring (bicyclic) bond motifs is 1. The number of nitro benzene ring substituents is 1. The standard InChI is InChI=1S/C19H15N3O5S/c1-11-17(12-5-3-2-4-6-12)21-16(28-11)9-20-19(23)13-7-14(22(24)25)18-15(8-13)26-10-27-18/h2-8H,9-10H2,1H3,(H,20,23). The van der Waals surface area contributed by atoms with Gasteiger partial charge in [0, 0.05) is 16.5 Å². The molecule has 3 aromatic rings. The summed E-state index contributed by atoms with van der Waals surface area (Å²) in [5.41, 5.74) is 1.73. The molecule has 1 aromatic heterocycles. The summed E-state index contributed by atoms with van der Waals surface area (Å²) in [6.45, 7) is 2.09. The van der Waals surface area contributed by atoms with E-state index in [1.165, 1.54) is 23.5 Å². The Morgan fingerprint density at radius 1 is 1.29 bits per heavy atom. The Kier molecular flexibility index (Phi) is 4.66. The van der Waals surface area contributed by atoms with E-state index in [1.807, 2.05) is 37.3 Å². The highest BCUT2D eigenvalue weighted by atomic mass is 32.1. The van der Waals surface area contributed by atoms with Crippen LogP contribution in [-0.4, -0.2) is 22.6 Å². The zero-order valence-electron chi connectivity index (χ0n) is 14.8. The molecule has 28 heavy (non-hydrogen) atoms. The van der Waals surface area contributed by atoms with E-state index >= 15 is 0 Å². The summed E-state index contributed by atoms with van der Waals surface area (Å²) in [5.74, 6) is -0.212. The number of aromatic nitrogens is 1. The van der Waals surface area contributed by atoms with Crippen molar-refractivity contribution < 1.29 is 19.2 Å². The Morgan fingerprint density at radius 2 is 2.07 bits per heavy atom. The summed E-state index contributed by atoms with van der Waals surface area (Å²) < 4.78 is 10.3. The number of nitro groups is 1. The second-order valence-electron chi connectivity index (χ2n) is 6.05. The number of ether oxygens (including phenoxy) is 2. The molecule has 0 spiro atoms. The quantitative estimate of drug-likeness (QED) is 0.520. The van der Waals surface area contributed by atoms with E-state index in [0.717, 1.165) is 21.1 Å². The van der Waals surface area contributed by atoms with Gasteiger partial charge in [0.2, 0.25) is 12.5 Å². The third kappa shape index (κ3) is 3.39. The van der Waals surface area contributed by atoms with Crippen LogP contribution in [0.15, 0.2) is 42.5 Å². The van der Waals surface area contributed by atoms with Gasteiger partial charge < -0.3 is 14.8 Å². The number of hydrogen-bond donors (Lipinski definition) is 1. The number of carbonyl (C=O) groups excluding carboxylic acids is 1. The Labute approximate surface area is 163 Å². The molecule has 1 aliphatic heterocycles. The summed E-state index contributed by atoms with van der Waals surface area (Å²) in [5, 5.41) is 14.7. The van der Waals surface area contributed by atoms with Crippen LogP contribution in [0.25, 0.3) is 11.3 Å². The fourth-order valence-corrected chi connectivity index (χ4v) is 3.80. The van der Waals surface area contributed by atoms with Crippen LogP contribution in [0.1, 0.15) is 20.2 Å². The lowest BCUT2D eigenvalue weighted by molar-refractivity contribution is -0.385. The maximum atomic E-state index is 12.5. The first kappa shape index (κ1) is 17.9. The lowest BCUT2D eigenvalue weighted by Gasteiger charge is -2.05. The minimum absolute atomic E-state index is 0.0459. The van der Waals surface area contributed by atoms with Crippen molar-refractivity contribution in [3.63, 3.8) is 0 Å². The number of rotatable bonds is 5. The average Bonchev–Trinajstić information content (AvgIpc) is 3.32. The van der Waals surface area contributed by atoms with Crippen molar-refractivity contribution >= 4 is 22.9 Å². The molecule has 0 unspecified atom stereocenters. The smallest absolute Gasteiger partial charge is 0.315 e. The molecule has 142 valence electrons. The van der Waals surface area contributed by atoms with Gasteiger partial charge in [-0.1, -0.05) is 30.3 Å². The van der Waals surface area contributed by atoms with Crippen LogP contribution >= 0.6 is 11.3 Å². The number of benzene rings is 2. The highest BCUT2D eigenvalue weighted by molar-refractivity contribution is 7.12. The van der Waals surface area contributed by atoms with Gasteiger partial charge in [0.15, 0.2) is 5.75 Å². The van der Waals surface area contributed by atoms with Crippen molar-refractivity contribution in [3.8, 4) is 22.8 Å². The number of thiazole rings is 1. The molecule has 4 rings (SSSR count). The maximum absolute atomic E-state index is 12.5. The van der Waals surface area contributed by atoms with E-state index in [4.69, 9.17) is 9.47 Å².